The van der Waals surface area contributed by atoms with Crippen molar-refractivity contribution in [2.45, 2.75) is 0 Å². The van der Waals surface area contributed by atoms with E-state index >= 15 is 0 Å². The van der Waals surface area contributed by atoms with Crippen molar-refractivity contribution in [1.29, 1.82) is 0 Å². The fourth-order valence-electron chi connectivity index (χ4n) is 3.29. The quantitative estimate of drug-likeness (QED) is 0.549. The summed E-state index contributed by atoms with van der Waals surface area (Å²) in [5.74, 6) is 1.85. The van der Waals surface area contributed by atoms with Gasteiger partial charge in [-0.25, -0.2) is 9.97 Å². The molecule has 0 atom stereocenters. The lowest BCUT2D eigenvalue weighted by Crippen LogP contribution is -2.47. The highest BCUT2D eigenvalue weighted by atomic mass is 15.5. The highest BCUT2D eigenvalue weighted by molar-refractivity contribution is 5.82. The van der Waals surface area contributed by atoms with Crippen LogP contribution in [-0.4, -0.2) is 56.2 Å². The molecule has 4 aromatic rings. The summed E-state index contributed by atoms with van der Waals surface area (Å²) >= 11 is 0. The first-order valence-corrected chi connectivity index (χ1v) is 8.28. The van der Waals surface area contributed by atoms with Crippen LogP contribution in [0.15, 0.2) is 48.7 Å². The van der Waals surface area contributed by atoms with E-state index in [0.717, 1.165) is 48.8 Å². The summed E-state index contributed by atoms with van der Waals surface area (Å²) < 4.78 is 1.77. The average Bonchev–Trinajstić information content (AvgIpc) is 3.18. The molecular formula is C17H16N8. The van der Waals surface area contributed by atoms with Crippen molar-refractivity contribution < 1.29 is 0 Å². The first-order chi connectivity index (χ1) is 12.4. The summed E-state index contributed by atoms with van der Waals surface area (Å²) in [7, 11) is 0. The average molecular weight is 332 g/mol. The van der Waals surface area contributed by atoms with Gasteiger partial charge in [0.05, 0.1) is 11.0 Å². The number of hydrogen-bond acceptors (Lipinski definition) is 7. The van der Waals surface area contributed by atoms with Crippen molar-refractivity contribution in [1.82, 2.24) is 30.0 Å². The molecule has 1 aliphatic rings. The van der Waals surface area contributed by atoms with Crippen molar-refractivity contribution in [3.05, 3.63) is 48.7 Å². The van der Waals surface area contributed by atoms with Crippen LogP contribution in [0.3, 0.4) is 0 Å². The Bertz CT molecular complexity index is 1020. The SMILES string of the molecule is c1ccc(N2CCN(c3nc4ccccc4n4nnnc34)CC2)nc1. The highest BCUT2D eigenvalue weighted by Gasteiger charge is 2.23. The molecule has 0 amide bonds. The van der Waals surface area contributed by atoms with Crippen LogP contribution in [-0.2, 0) is 0 Å². The maximum absolute atomic E-state index is 4.83. The summed E-state index contributed by atoms with van der Waals surface area (Å²) in [6.07, 6.45) is 1.83. The maximum atomic E-state index is 4.83. The van der Waals surface area contributed by atoms with Gasteiger partial charge in [-0.2, -0.15) is 4.52 Å². The fourth-order valence-corrected chi connectivity index (χ4v) is 3.29. The molecular weight excluding hydrogens is 316 g/mol. The molecule has 25 heavy (non-hydrogen) atoms. The number of piperazine rings is 1. The number of nitrogens with zero attached hydrogens (tertiary/aromatic N) is 8. The van der Waals surface area contributed by atoms with E-state index in [1.54, 1.807) is 4.52 Å². The number of para-hydroxylation sites is 2. The van der Waals surface area contributed by atoms with Gasteiger partial charge in [-0.05, 0) is 34.7 Å². The van der Waals surface area contributed by atoms with Crippen LogP contribution < -0.4 is 9.80 Å². The Morgan fingerprint density at radius 2 is 1.64 bits per heavy atom. The zero-order valence-electron chi connectivity index (χ0n) is 13.5. The predicted molar refractivity (Wildman–Crippen MR) is 94.7 cm³/mol. The van der Waals surface area contributed by atoms with E-state index in [4.69, 9.17) is 4.98 Å². The molecule has 0 spiro atoms. The second-order valence-electron chi connectivity index (χ2n) is 6.00. The number of benzene rings is 1. The van der Waals surface area contributed by atoms with E-state index in [-0.39, 0.29) is 0 Å². The summed E-state index contributed by atoms with van der Waals surface area (Å²) in [5, 5.41) is 12.2. The summed E-state index contributed by atoms with van der Waals surface area (Å²) in [6, 6.07) is 13.9. The smallest absolute Gasteiger partial charge is 0.222 e. The van der Waals surface area contributed by atoms with E-state index in [1.807, 2.05) is 48.7 Å². The molecule has 1 saturated heterocycles. The minimum absolute atomic E-state index is 0.699. The lowest BCUT2D eigenvalue weighted by Gasteiger charge is -2.35. The highest BCUT2D eigenvalue weighted by Crippen LogP contribution is 2.24. The minimum atomic E-state index is 0.699. The molecule has 1 aliphatic heterocycles. The molecule has 0 unspecified atom stereocenters. The van der Waals surface area contributed by atoms with Crippen molar-refractivity contribution in [3.63, 3.8) is 0 Å². The van der Waals surface area contributed by atoms with Gasteiger partial charge in [-0.15, -0.1) is 5.10 Å². The second-order valence-corrected chi connectivity index (χ2v) is 6.00. The first-order valence-electron chi connectivity index (χ1n) is 8.28. The van der Waals surface area contributed by atoms with Gasteiger partial charge in [0.1, 0.15) is 5.82 Å². The zero-order valence-corrected chi connectivity index (χ0v) is 13.5. The monoisotopic (exact) mass is 332 g/mol. The predicted octanol–water partition coefficient (Wildman–Crippen LogP) is 1.39. The normalized spacial score (nSPS) is 15.2. The Balaban J connectivity index is 1.49. The molecule has 0 aliphatic carbocycles. The second kappa shape index (κ2) is 5.66. The van der Waals surface area contributed by atoms with E-state index in [0.29, 0.717) is 5.65 Å². The molecule has 124 valence electrons. The molecule has 0 radical (unpaired) electrons. The van der Waals surface area contributed by atoms with Gasteiger partial charge >= 0.3 is 0 Å². The number of hydrogen-bond donors (Lipinski definition) is 0. The molecule has 5 rings (SSSR count). The largest absolute Gasteiger partial charge is 0.353 e. The molecule has 1 aromatic carbocycles. The zero-order chi connectivity index (χ0) is 16.6. The Morgan fingerprint density at radius 1 is 0.840 bits per heavy atom. The lowest BCUT2D eigenvalue weighted by molar-refractivity contribution is 0.642. The maximum Gasteiger partial charge on any atom is 0.222 e. The van der Waals surface area contributed by atoms with Gasteiger partial charge in [0.15, 0.2) is 5.82 Å². The van der Waals surface area contributed by atoms with Crippen molar-refractivity contribution in [3.8, 4) is 0 Å². The summed E-state index contributed by atoms with van der Waals surface area (Å²) in [5.41, 5.74) is 2.51. The van der Waals surface area contributed by atoms with Crippen LogP contribution in [0, 0.1) is 0 Å². The van der Waals surface area contributed by atoms with E-state index < -0.39 is 0 Å². The lowest BCUT2D eigenvalue weighted by atomic mass is 10.2. The summed E-state index contributed by atoms with van der Waals surface area (Å²) in [6.45, 7) is 3.48. The molecule has 8 heteroatoms. The van der Waals surface area contributed by atoms with Gasteiger partial charge in [-0.1, -0.05) is 18.2 Å². The van der Waals surface area contributed by atoms with Crippen LogP contribution in [0.25, 0.3) is 16.7 Å². The van der Waals surface area contributed by atoms with Crippen LogP contribution in [0.5, 0.6) is 0 Å². The standard InChI is InChI=1S/C17H16N8/c1-2-6-14-13(5-1)19-16(17-20-21-22-25(14)17)24-11-9-23(10-12-24)15-7-3-4-8-18-15/h1-8H,9-12H2. The Morgan fingerprint density at radius 3 is 2.48 bits per heavy atom. The first kappa shape index (κ1) is 14.1. The van der Waals surface area contributed by atoms with Gasteiger partial charge in [0.2, 0.25) is 5.65 Å². The molecule has 0 N–H and O–H groups in total. The van der Waals surface area contributed by atoms with Crippen molar-refractivity contribution >= 4 is 28.3 Å². The van der Waals surface area contributed by atoms with Gasteiger partial charge in [0.25, 0.3) is 0 Å². The van der Waals surface area contributed by atoms with Crippen molar-refractivity contribution in [2.24, 2.45) is 0 Å². The van der Waals surface area contributed by atoms with E-state index in [2.05, 4.69) is 30.3 Å². The summed E-state index contributed by atoms with van der Waals surface area (Å²) in [4.78, 5) is 13.8. The number of tetrazole rings is 1. The molecule has 0 saturated carbocycles. The molecule has 0 bridgehead atoms. The van der Waals surface area contributed by atoms with E-state index in [1.165, 1.54) is 0 Å². The molecule has 8 nitrogen and oxygen atoms in total. The minimum Gasteiger partial charge on any atom is -0.353 e. The molecule has 3 aromatic heterocycles. The van der Waals surface area contributed by atoms with Crippen LogP contribution in [0.1, 0.15) is 0 Å². The van der Waals surface area contributed by atoms with Gasteiger partial charge in [0, 0.05) is 32.4 Å². The van der Waals surface area contributed by atoms with Crippen molar-refractivity contribution in [2.75, 3.05) is 36.0 Å². The van der Waals surface area contributed by atoms with Crippen LogP contribution in [0.4, 0.5) is 11.6 Å². The number of anilines is 2. The third-order valence-corrected chi connectivity index (χ3v) is 4.56. The fraction of sp³-hybridized carbons (Fsp3) is 0.235. The Kier molecular flexibility index (Phi) is 3.19. The molecule has 4 heterocycles. The third kappa shape index (κ3) is 2.34. The topological polar surface area (TPSA) is 75.3 Å². The van der Waals surface area contributed by atoms with Crippen LogP contribution >= 0.6 is 0 Å². The van der Waals surface area contributed by atoms with Crippen LogP contribution in [0.2, 0.25) is 0 Å². The number of pyridine rings is 1. The number of aromatic nitrogens is 6. The molecule has 1 fully saturated rings. The third-order valence-electron chi connectivity index (χ3n) is 4.56. The Hall–Kier alpha value is -3.29. The van der Waals surface area contributed by atoms with Gasteiger partial charge in [-0.3, -0.25) is 0 Å². The Labute approximate surface area is 143 Å². The number of rotatable bonds is 2. The van der Waals surface area contributed by atoms with Gasteiger partial charge < -0.3 is 9.80 Å². The van der Waals surface area contributed by atoms with E-state index in [9.17, 15) is 0 Å². The number of fused-ring (bicyclic) bond motifs is 3.